The van der Waals surface area contributed by atoms with Crippen LogP contribution in [0, 0.1) is 0 Å². The minimum Gasteiger partial charge on any atom is -0.314 e. The summed E-state index contributed by atoms with van der Waals surface area (Å²) in [6.45, 7) is 0.885. The van der Waals surface area contributed by atoms with Crippen molar-refractivity contribution in [3.8, 4) is 0 Å². The Morgan fingerprint density at radius 2 is 2.42 bits per heavy atom. The summed E-state index contributed by atoms with van der Waals surface area (Å²) in [6, 6.07) is 0. The molecule has 1 saturated carbocycles. The molecule has 12 heavy (non-hydrogen) atoms. The average molecular weight is 247 g/mol. The molecular formula is C8H11BrN2S. The molecule has 1 aromatic rings. The van der Waals surface area contributed by atoms with Gasteiger partial charge in [0.2, 0.25) is 0 Å². The van der Waals surface area contributed by atoms with Gasteiger partial charge in [0.05, 0.1) is 0 Å². The molecule has 0 aliphatic heterocycles. The zero-order valence-corrected chi connectivity index (χ0v) is 9.33. The molecule has 0 radical (unpaired) electrons. The van der Waals surface area contributed by atoms with E-state index in [0.717, 1.165) is 17.1 Å². The molecule has 1 aliphatic rings. The molecular weight excluding hydrogens is 236 g/mol. The van der Waals surface area contributed by atoms with Crippen LogP contribution in [0.1, 0.15) is 28.6 Å². The van der Waals surface area contributed by atoms with Gasteiger partial charge in [0, 0.05) is 11.4 Å². The van der Waals surface area contributed by atoms with Crippen LogP contribution in [-0.2, 0) is 6.54 Å². The number of rotatable bonds is 3. The average Bonchev–Trinajstić information content (AvgIpc) is 2.79. The normalized spacial score (nSPS) is 16.8. The molecule has 0 spiro atoms. The highest BCUT2D eigenvalue weighted by Gasteiger charge is 2.28. The third kappa shape index (κ3) is 1.70. The lowest BCUT2D eigenvalue weighted by Crippen LogP contribution is -2.03. The summed E-state index contributed by atoms with van der Waals surface area (Å²) in [7, 11) is 1.95. The van der Waals surface area contributed by atoms with Crippen LogP contribution < -0.4 is 5.32 Å². The highest BCUT2D eigenvalue weighted by atomic mass is 79.9. The molecule has 66 valence electrons. The molecule has 0 aromatic carbocycles. The lowest BCUT2D eigenvalue weighted by atomic mass is 10.4. The second kappa shape index (κ2) is 3.44. The van der Waals surface area contributed by atoms with Crippen molar-refractivity contribution in [2.75, 3.05) is 7.05 Å². The standard InChI is InChI=1S/C8H11BrN2S/c1-10-4-6-11-8(9)7(12-6)5-2-3-5/h5,10H,2-4H2,1H3. The molecule has 0 atom stereocenters. The van der Waals surface area contributed by atoms with Crippen LogP contribution >= 0.6 is 27.3 Å². The molecule has 1 heterocycles. The van der Waals surface area contributed by atoms with Crippen molar-refractivity contribution in [3.63, 3.8) is 0 Å². The van der Waals surface area contributed by atoms with Crippen LogP contribution in [0.2, 0.25) is 0 Å². The van der Waals surface area contributed by atoms with Gasteiger partial charge in [-0.1, -0.05) is 0 Å². The predicted molar refractivity (Wildman–Crippen MR) is 54.6 cm³/mol. The Kier molecular flexibility index (Phi) is 2.48. The number of aromatic nitrogens is 1. The van der Waals surface area contributed by atoms with Crippen molar-refractivity contribution in [1.29, 1.82) is 0 Å². The molecule has 0 bridgehead atoms. The first kappa shape index (κ1) is 8.66. The van der Waals surface area contributed by atoms with Crippen LogP contribution in [-0.4, -0.2) is 12.0 Å². The predicted octanol–water partition coefficient (Wildman–Crippen LogP) is 2.50. The van der Waals surface area contributed by atoms with Gasteiger partial charge in [-0.15, -0.1) is 11.3 Å². The smallest absolute Gasteiger partial charge is 0.120 e. The largest absolute Gasteiger partial charge is 0.314 e. The summed E-state index contributed by atoms with van der Waals surface area (Å²) in [5.41, 5.74) is 0. The van der Waals surface area contributed by atoms with E-state index < -0.39 is 0 Å². The van der Waals surface area contributed by atoms with E-state index in [2.05, 4.69) is 26.2 Å². The Labute approximate surface area is 84.5 Å². The van der Waals surface area contributed by atoms with E-state index in [1.54, 1.807) is 0 Å². The van der Waals surface area contributed by atoms with Gasteiger partial charge in [-0.2, -0.15) is 0 Å². The molecule has 1 aromatic heterocycles. The number of thiazole rings is 1. The molecule has 2 nitrogen and oxygen atoms in total. The highest BCUT2D eigenvalue weighted by molar-refractivity contribution is 9.10. The summed E-state index contributed by atoms with van der Waals surface area (Å²) < 4.78 is 1.07. The Bertz CT molecular complexity index is 281. The first-order valence-electron chi connectivity index (χ1n) is 4.11. The minimum atomic E-state index is 0.808. The van der Waals surface area contributed by atoms with Crippen LogP contribution in [0.15, 0.2) is 4.60 Å². The van der Waals surface area contributed by atoms with E-state index in [1.807, 2.05) is 18.4 Å². The maximum absolute atomic E-state index is 4.43. The van der Waals surface area contributed by atoms with Crippen molar-refractivity contribution >= 4 is 27.3 Å². The van der Waals surface area contributed by atoms with Gasteiger partial charge in [0.25, 0.3) is 0 Å². The van der Waals surface area contributed by atoms with E-state index in [9.17, 15) is 0 Å². The fraction of sp³-hybridized carbons (Fsp3) is 0.625. The molecule has 0 unspecified atom stereocenters. The van der Waals surface area contributed by atoms with E-state index in [4.69, 9.17) is 0 Å². The number of halogens is 1. The Hall–Kier alpha value is 0.0700. The third-order valence-electron chi connectivity index (χ3n) is 1.93. The monoisotopic (exact) mass is 246 g/mol. The van der Waals surface area contributed by atoms with Crippen LogP contribution in [0.3, 0.4) is 0 Å². The zero-order valence-electron chi connectivity index (χ0n) is 6.93. The third-order valence-corrected chi connectivity index (χ3v) is 4.01. The fourth-order valence-corrected chi connectivity index (χ4v) is 3.22. The molecule has 1 fully saturated rings. The van der Waals surface area contributed by atoms with Gasteiger partial charge in [-0.25, -0.2) is 4.98 Å². The summed E-state index contributed by atoms with van der Waals surface area (Å²) in [5, 5.41) is 4.30. The molecule has 0 saturated heterocycles. The number of nitrogens with zero attached hydrogens (tertiary/aromatic N) is 1. The lowest BCUT2D eigenvalue weighted by molar-refractivity contribution is 0.808. The first-order chi connectivity index (χ1) is 5.81. The minimum absolute atomic E-state index is 0.808. The van der Waals surface area contributed by atoms with Crippen LogP contribution in [0.25, 0.3) is 0 Å². The molecule has 1 N–H and O–H groups in total. The van der Waals surface area contributed by atoms with Crippen molar-refractivity contribution in [3.05, 3.63) is 14.5 Å². The fourth-order valence-electron chi connectivity index (χ4n) is 1.18. The van der Waals surface area contributed by atoms with E-state index in [-0.39, 0.29) is 0 Å². The second-order valence-corrected chi connectivity index (χ2v) is 4.93. The lowest BCUT2D eigenvalue weighted by Gasteiger charge is -1.89. The maximum atomic E-state index is 4.43. The topological polar surface area (TPSA) is 24.9 Å². The Morgan fingerprint density at radius 3 is 3.00 bits per heavy atom. The Morgan fingerprint density at radius 1 is 1.67 bits per heavy atom. The van der Waals surface area contributed by atoms with Crippen molar-refractivity contribution in [1.82, 2.24) is 10.3 Å². The van der Waals surface area contributed by atoms with Gasteiger partial charge in [-0.05, 0) is 41.7 Å². The van der Waals surface area contributed by atoms with E-state index >= 15 is 0 Å². The molecule has 0 amide bonds. The first-order valence-corrected chi connectivity index (χ1v) is 5.72. The molecule has 2 rings (SSSR count). The van der Waals surface area contributed by atoms with Crippen LogP contribution in [0.5, 0.6) is 0 Å². The van der Waals surface area contributed by atoms with E-state index in [1.165, 1.54) is 22.7 Å². The van der Waals surface area contributed by atoms with Gasteiger partial charge in [-0.3, -0.25) is 0 Å². The van der Waals surface area contributed by atoms with Crippen LogP contribution in [0.4, 0.5) is 0 Å². The van der Waals surface area contributed by atoms with Gasteiger partial charge < -0.3 is 5.32 Å². The van der Waals surface area contributed by atoms with Crippen molar-refractivity contribution < 1.29 is 0 Å². The van der Waals surface area contributed by atoms with Gasteiger partial charge >= 0.3 is 0 Å². The number of hydrogen-bond acceptors (Lipinski definition) is 3. The zero-order chi connectivity index (χ0) is 8.55. The highest BCUT2D eigenvalue weighted by Crippen LogP contribution is 2.45. The van der Waals surface area contributed by atoms with Gasteiger partial charge in [0.15, 0.2) is 0 Å². The maximum Gasteiger partial charge on any atom is 0.120 e. The second-order valence-electron chi connectivity index (χ2n) is 3.07. The molecule has 1 aliphatic carbocycles. The summed E-state index contributed by atoms with van der Waals surface area (Å²) in [5.74, 6) is 0.808. The number of nitrogens with one attached hydrogen (secondary N) is 1. The quantitative estimate of drug-likeness (QED) is 0.887. The SMILES string of the molecule is CNCc1nc(Br)c(C2CC2)s1. The summed E-state index contributed by atoms with van der Waals surface area (Å²) in [4.78, 5) is 5.88. The van der Waals surface area contributed by atoms with Crippen molar-refractivity contribution in [2.45, 2.75) is 25.3 Å². The Balaban J connectivity index is 2.18. The van der Waals surface area contributed by atoms with E-state index in [0.29, 0.717) is 0 Å². The van der Waals surface area contributed by atoms with Gasteiger partial charge in [0.1, 0.15) is 9.61 Å². The summed E-state index contributed by atoms with van der Waals surface area (Å²) in [6.07, 6.45) is 2.69. The molecule has 4 heteroatoms. The van der Waals surface area contributed by atoms with Crippen molar-refractivity contribution in [2.24, 2.45) is 0 Å². The summed E-state index contributed by atoms with van der Waals surface area (Å²) >= 11 is 5.33. The number of hydrogen-bond donors (Lipinski definition) is 1.